The van der Waals surface area contributed by atoms with Gasteiger partial charge in [-0.3, -0.25) is 24.6 Å². The second-order valence-electron chi connectivity index (χ2n) is 7.60. The number of halogens is 2. The third kappa shape index (κ3) is 5.72. The lowest BCUT2D eigenvalue weighted by Crippen LogP contribution is -2.27. The molecule has 0 saturated carbocycles. The number of amides is 2. The van der Waals surface area contributed by atoms with Gasteiger partial charge in [0.25, 0.3) is 16.8 Å². The molecule has 1 heterocycles. The predicted molar refractivity (Wildman–Crippen MR) is 141 cm³/mol. The lowest BCUT2D eigenvalue weighted by atomic mass is 10.1. The first kappa shape index (κ1) is 25.7. The molecule has 0 spiro atoms. The maximum absolute atomic E-state index is 13.0. The fraction of sp³-hybridized carbons (Fsp3) is 0.120. The summed E-state index contributed by atoms with van der Waals surface area (Å²) >= 11 is 10.2. The molecule has 3 aromatic carbocycles. The Morgan fingerprint density at radius 1 is 1.14 bits per heavy atom. The molecule has 1 aliphatic rings. The van der Waals surface area contributed by atoms with Crippen molar-refractivity contribution in [1.29, 1.82) is 0 Å². The maximum atomic E-state index is 13.0. The smallest absolute Gasteiger partial charge is 0.293 e. The quantitative estimate of drug-likeness (QED) is 0.161. The molecule has 0 N–H and O–H groups in total. The van der Waals surface area contributed by atoms with Gasteiger partial charge >= 0.3 is 0 Å². The molecule has 4 rings (SSSR count). The summed E-state index contributed by atoms with van der Waals surface area (Å²) < 4.78 is 12.0. The third-order valence-corrected chi connectivity index (χ3v) is 6.98. The van der Waals surface area contributed by atoms with Gasteiger partial charge < -0.3 is 9.47 Å². The summed E-state index contributed by atoms with van der Waals surface area (Å²) in [6.45, 7) is 0.0969. The first-order chi connectivity index (χ1) is 17.3. The van der Waals surface area contributed by atoms with Crippen LogP contribution in [0.15, 0.2) is 70.0 Å². The number of thioether (sulfide) groups is 1. The number of hydrogen-bond acceptors (Lipinski definition) is 7. The standard InChI is InChI=1S/C25H18BrClN2O6S/c1-34-21-11-16(10-19(26)23(21)35-14-15-6-8-18(27)9-7-15)12-22-24(30)28(25(31)36-22)13-17-4-2-3-5-20(17)29(32)33/h2-12H,13-14H2,1H3/b22-12-. The third-order valence-electron chi connectivity index (χ3n) is 5.24. The number of methoxy groups -OCH3 is 1. The highest BCUT2D eigenvalue weighted by molar-refractivity contribution is 9.10. The molecule has 184 valence electrons. The molecule has 1 saturated heterocycles. The average molecular weight is 590 g/mol. The zero-order chi connectivity index (χ0) is 25.8. The Bertz CT molecular complexity index is 1380. The molecule has 0 aromatic heterocycles. The van der Waals surface area contributed by atoms with Gasteiger partial charge in [-0.1, -0.05) is 41.9 Å². The predicted octanol–water partition coefficient (Wildman–Crippen LogP) is 6.83. The van der Waals surface area contributed by atoms with Crippen molar-refractivity contribution in [3.8, 4) is 11.5 Å². The number of nitro groups is 1. The van der Waals surface area contributed by atoms with E-state index in [-0.39, 0.29) is 29.3 Å². The largest absolute Gasteiger partial charge is 0.493 e. The zero-order valence-electron chi connectivity index (χ0n) is 18.8. The highest BCUT2D eigenvalue weighted by Crippen LogP contribution is 2.40. The van der Waals surface area contributed by atoms with Crippen LogP contribution in [0.3, 0.4) is 0 Å². The number of para-hydroxylation sites is 1. The maximum Gasteiger partial charge on any atom is 0.293 e. The summed E-state index contributed by atoms with van der Waals surface area (Å²) in [5.74, 6) is 0.388. The number of carbonyl (C=O) groups is 2. The summed E-state index contributed by atoms with van der Waals surface area (Å²) in [5.41, 5.74) is 1.65. The molecule has 36 heavy (non-hydrogen) atoms. The average Bonchev–Trinajstić information content (AvgIpc) is 3.11. The van der Waals surface area contributed by atoms with Gasteiger partial charge in [0.2, 0.25) is 0 Å². The van der Waals surface area contributed by atoms with Crippen molar-refractivity contribution in [2.75, 3.05) is 7.11 Å². The van der Waals surface area contributed by atoms with Crippen molar-refractivity contribution < 1.29 is 24.0 Å². The highest BCUT2D eigenvalue weighted by atomic mass is 79.9. The molecular formula is C25H18BrClN2O6S. The van der Waals surface area contributed by atoms with E-state index in [1.807, 2.05) is 12.1 Å². The van der Waals surface area contributed by atoms with Crippen molar-refractivity contribution in [2.45, 2.75) is 13.2 Å². The summed E-state index contributed by atoms with van der Waals surface area (Å²) in [5, 5.41) is 11.4. The van der Waals surface area contributed by atoms with E-state index in [0.717, 1.165) is 22.2 Å². The number of ether oxygens (including phenoxy) is 2. The van der Waals surface area contributed by atoms with Gasteiger partial charge in [-0.2, -0.15) is 0 Å². The minimum atomic E-state index is -0.537. The molecular weight excluding hydrogens is 572 g/mol. The molecule has 0 radical (unpaired) electrons. The minimum Gasteiger partial charge on any atom is -0.493 e. The van der Waals surface area contributed by atoms with Gasteiger partial charge in [0, 0.05) is 16.7 Å². The first-order valence-electron chi connectivity index (χ1n) is 10.5. The van der Waals surface area contributed by atoms with Crippen LogP contribution in [0.4, 0.5) is 10.5 Å². The lowest BCUT2D eigenvalue weighted by molar-refractivity contribution is -0.385. The van der Waals surface area contributed by atoms with Gasteiger partial charge in [-0.05, 0) is 69.2 Å². The number of benzene rings is 3. The summed E-state index contributed by atoms with van der Waals surface area (Å²) in [4.78, 5) is 37.5. The van der Waals surface area contributed by atoms with Crippen LogP contribution in [0.25, 0.3) is 6.08 Å². The molecule has 8 nitrogen and oxygen atoms in total. The van der Waals surface area contributed by atoms with Crippen molar-refractivity contribution in [3.05, 3.63) is 102 Å². The Morgan fingerprint density at radius 2 is 1.86 bits per heavy atom. The normalized spacial score (nSPS) is 14.4. The highest BCUT2D eigenvalue weighted by Gasteiger charge is 2.36. The molecule has 0 atom stereocenters. The number of rotatable bonds is 8. The van der Waals surface area contributed by atoms with Crippen molar-refractivity contribution >= 4 is 62.2 Å². The van der Waals surface area contributed by atoms with Crippen molar-refractivity contribution in [3.63, 3.8) is 0 Å². The van der Waals surface area contributed by atoms with Crippen molar-refractivity contribution in [1.82, 2.24) is 4.90 Å². The Labute approximate surface area is 224 Å². The SMILES string of the molecule is COc1cc(/C=C2\SC(=O)N(Cc3ccccc3[N+](=O)[O-])C2=O)cc(Br)c1OCc1ccc(Cl)cc1. The Balaban J connectivity index is 1.54. The summed E-state index contributed by atoms with van der Waals surface area (Å²) in [7, 11) is 1.50. The topological polar surface area (TPSA) is 99.0 Å². The number of imide groups is 1. The van der Waals surface area contributed by atoms with Gasteiger partial charge in [0.1, 0.15) is 6.61 Å². The molecule has 0 aliphatic carbocycles. The monoisotopic (exact) mass is 588 g/mol. The Morgan fingerprint density at radius 3 is 2.56 bits per heavy atom. The van der Waals surface area contributed by atoms with E-state index in [4.69, 9.17) is 21.1 Å². The Kier molecular flexibility index (Phi) is 7.97. The number of nitrogens with zero attached hydrogens (tertiary/aromatic N) is 2. The molecule has 1 fully saturated rings. The van der Waals surface area contributed by atoms with Crippen LogP contribution in [-0.4, -0.2) is 28.1 Å². The van der Waals surface area contributed by atoms with Crippen LogP contribution < -0.4 is 9.47 Å². The van der Waals surface area contributed by atoms with Crippen molar-refractivity contribution in [2.24, 2.45) is 0 Å². The van der Waals surface area contributed by atoms with Gasteiger partial charge in [-0.15, -0.1) is 0 Å². The van der Waals surface area contributed by atoms with Crippen LogP contribution in [0.1, 0.15) is 16.7 Å². The minimum absolute atomic E-state index is 0.150. The molecule has 0 unspecified atom stereocenters. The van der Waals surface area contributed by atoms with E-state index in [0.29, 0.717) is 26.6 Å². The number of hydrogen-bond donors (Lipinski definition) is 0. The van der Waals surface area contributed by atoms with E-state index < -0.39 is 16.1 Å². The second-order valence-corrected chi connectivity index (χ2v) is 9.89. The van der Waals surface area contributed by atoms with Crippen LogP contribution in [0.2, 0.25) is 5.02 Å². The summed E-state index contributed by atoms with van der Waals surface area (Å²) in [6, 6.07) is 16.7. The van der Waals surface area contributed by atoms with E-state index in [9.17, 15) is 19.7 Å². The molecule has 2 amide bonds. The second kappa shape index (κ2) is 11.2. The zero-order valence-corrected chi connectivity index (χ0v) is 21.9. The van der Waals surface area contributed by atoms with E-state index >= 15 is 0 Å². The van der Waals surface area contributed by atoms with E-state index in [1.165, 1.54) is 25.3 Å². The van der Waals surface area contributed by atoms with Crippen LogP contribution in [0, 0.1) is 10.1 Å². The van der Waals surface area contributed by atoms with Crippen LogP contribution in [-0.2, 0) is 17.9 Å². The molecule has 1 aliphatic heterocycles. The number of nitro benzene ring substituents is 1. The lowest BCUT2D eigenvalue weighted by Gasteiger charge is -2.14. The first-order valence-corrected chi connectivity index (χ1v) is 12.5. The van der Waals surface area contributed by atoms with Crippen LogP contribution >= 0.6 is 39.3 Å². The fourth-order valence-electron chi connectivity index (χ4n) is 3.48. The molecule has 11 heteroatoms. The van der Waals surface area contributed by atoms with Gasteiger partial charge in [0.05, 0.1) is 28.0 Å². The van der Waals surface area contributed by atoms with Gasteiger partial charge in [-0.25, -0.2) is 0 Å². The fourth-order valence-corrected chi connectivity index (χ4v) is 5.02. The molecule has 0 bridgehead atoms. The summed E-state index contributed by atoms with van der Waals surface area (Å²) in [6.07, 6.45) is 1.57. The molecule has 3 aromatic rings. The van der Waals surface area contributed by atoms with E-state index in [2.05, 4.69) is 15.9 Å². The van der Waals surface area contributed by atoms with Crippen LogP contribution in [0.5, 0.6) is 11.5 Å². The van der Waals surface area contributed by atoms with Gasteiger partial charge in [0.15, 0.2) is 11.5 Å². The Hall–Kier alpha value is -3.34. The number of carbonyl (C=O) groups excluding carboxylic acids is 2. The van der Waals surface area contributed by atoms with E-state index in [1.54, 1.807) is 36.4 Å².